The molecule has 0 atom stereocenters. The lowest BCUT2D eigenvalue weighted by molar-refractivity contribution is -0.153. The standard InChI is InChI=1S/C13H9F3N2OS/c14-13(15,16)6-19-12-9-3-4-20-11(9)8-2-1-7(17)5-10(8)18-12/h1-5H,6,17H2. The van der Waals surface area contributed by atoms with Gasteiger partial charge in [0.25, 0.3) is 0 Å². The molecule has 2 N–H and O–H groups in total. The van der Waals surface area contributed by atoms with Crippen molar-refractivity contribution >= 4 is 38.0 Å². The fraction of sp³-hybridized carbons (Fsp3) is 0.154. The highest BCUT2D eigenvalue weighted by Crippen LogP contribution is 2.35. The van der Waals surface area contributed by atoms with Crippen molar-refractivity contribution in [3.8, 4) is 5.88 Å². The molecular formula is C13H9F3N2OS. The van der Waals surface area contributed by atoms with Crippen LogP contribution in [-0.2, 0) is 0 Å². The summed E-state index contributed by atoms with van der Waals surface area (Å²) in [5.41, 5.74) is 6.71. The zero-order valence-corrected chi connectivity index (χ0v) is 10.9. The molecule has 0 saturated heterocycles. The second-order valence-electron chi connectivity index (χ2n) is 4.26. The van der Waals surface area contributed by atoms with E-state index in [2.05, 4.69) is 4.98 Å². The van der Waals surface area contributed by atoms with E-state index in [0.717, 1.165) is 10.1 Å². The molecule has 104 valence electrons. The van der Waals surface area contributed by atoms with Gasteiger partial charge in [-0.15, -0.1) is 11.3 Å². The van der Waals surface area contributed by atoms with Crippen molar-refractivity contribution in [3.05, 3.63) is 29.6 Å². The van der Waals surface area contributed by atoms with Crippen LogP contribution in [-0.4, -0.2) is 17.8 Å². The van der Waals surface area contributed by atoms with E-state index >= 15 is 0 Å². The van der Waals surface area contributed by atoms with E-state index in [1.807, 2.05) is 6.07 Å². The Kier molecular flexibility index (Phi) is 2.93. The van der Waals surface area contributed by atoms with Gasteiger partial charge in [0.05, 0.1) is 10.9 Å². The lowest BCUT2D eigenvalue weighted by Gasteiger charge is -2.10. The number of nitrogens with zero attached hydrogens (tertiary/aromatic N) is 1. The molecule has 7 heteroatoms. The lowest BCUT2D eigenvalue weighted by atomic mass is 10.1. The number of ether oxygens (including phenoxy) is 1. The predicted molar refractivity (Wildman–Crippen MR) is 73.1 cm³/mol. The molecule has 0 bridgehead atoms. The Labute approximate surface area is 115 Å². The molecule has 1 aromatic carbocycles. The van der Waals surface area contributed by atoms with Gasteiger partial charge in [0.1, 0.15) is 0 Å². The van der Waals surface area contributed by atoms with Crippen LogP contribution in [0.25, 0.3) is 21.0 Å². The molecule has 0 amide bonds. The summed E-state index contributed by atoms with van der Waals surface area (Å²) >= 11 is 1.43. The first-order valence-electron chi connectivity index (χ1n) is 5.70. The van der Waals surface area contributed by atoms with Crippen LogP contribution < -0.4 is 10.5 Å². The van der Waals surface area contributed by atoms with Crippen molar-refractivity contribution < 1.29 is 17.9 Å². The van der Waals surface area contributed by atoms with Crippen molar-refractivity contribution in [1.29, 1.82) is 0 Å². The number of halogens is 3. The van der Waals surface area contributed by atoms with Gasteiger partial charge in [0.2, 0.25) is 5.88 Å². The van der Waals surface area contributed by atoms with Gasteiger partial charge >= 0.3 is 6.18 Å². The summed E-state index contributed by atoms with van der Waals surface area (Å²) in [6.07, 6.45) is -4.39. The van der Waals surface area contributed by atoms with Crippen LogP contribution >= 0.6 is 11.3 Å². The van der Waals surface area contributed by atoms with Gasteiger partial charge in [-0.25, -0.2) is 4.98 Å². The number of benzene rings is 1. The van der Waals surface area contributed by atoms with E-state index in [9.17, 15) is 13.2 Å². The Morgan fingerprint density at radius 2 is 2.00 bits per heavy atom. The van der Waals surface area contributed by atoms with Gasteiger partial charge < -0.3 is 10.5 Å². The molecule has 20 heavy (non-hydrogen) atoms. The third-order valence-corrected chi connectivity index (χ3v) is 3.70. The van der Waals surface area contributed by atoms with E-state index in [-0.39, 0.29) is 5.88 Å². The van der Waals surface area contributed by atoms with E-state index in [1.165, 1.54) is 11.3 Å². The van der Waals surface area contributed by atoms with E-state index < -0.39 is 12.8 Å². The Morgan fingerprint density at radius 1 is 1.20 bits per heavy atom. The number of anilines is 1. The summed E-state index contributed by atoms with van der Waals surface area (Å²) in [5, 5.41) is 3.22. The average Bonchev–Trinajstić information content (AvgIpc) is 2.83. The summed E-state index contributed by atoms with van der Waals surface area (Å²) in [4.78, 5) is 4.14. The zero-order chi connectivity index (χ0) is 14.3. The zero-order valence-electron chi connectivity index (χ0n) is 10.1. The number of hydrogen-bond donors (Lipinski definition) is 1. The normalized spacial score (nSPS) is 12.2. The third-order valence-electron chi connectivity index (χ3n) is 2.76. The number of rotatable bonds is 2. The summed E-state index contributed by atoms with van der Waals surface area (Å²) in [6, 6.07) is 6.87. The minimum Gasteiger partial charge on any atom is -0.468 e. The van der Waals surface area contributed by atoms with Crippen molar-refractivity contribution in [3.63, 3.8) is 0 Å². The van der Waals surface area contributed by atoms with Crippen molar-refractivity contribution in [2.24, 2.45) is 0 Å². The number of aromatic nitrogens is 1. The van der Waals surface area contributed by atoms with Crippen LogP contribution in [0.4, 0.5) is 18.9 Å². The molecule has 0 spiro atoms. The van der Waals surface area contributed by atoms with Gasteiger partial charge in [-0.3, -0.25) is 0 Å². The van der Waals surface area contributed by atoms with Gasteiger partial charge in [0.15, 0.2) is 6.61 Å². The number of hydrogen-bond acceptors (Lipinski definition) is 4. The Morgan fingerprint density at radius 3 is 2.75 bits per heavy atom. The quantitative estimate of drug-likeness (QED) is 0.728. The van der Waals surface area contributed by atoms with Gasteiger partial charge in [-0.2, -0.15) is 13.2 Å². The molecule has 3 nitrogen and oxygen atoms in total. The molecule has 2 heterocycles. The van der Waals surface area contributed by atoms with Gasteiger partial charge in [-0.05, 0) is 29.6 Å². The van der Waals surface area contributed by atoms with Crippen LogP contribution in [0.5, 0.6) is 5.88 Å². The average molecular weight is 298 g/mol. The van der Waals surface area contributed by atoms with Crippen LogP contribution in [0, 0.1) is 0 Å². The van der Waals surface area contributed by atoms with Crippen molar-refractivity contribution in [2.75, 3.05) is 12.3 Å². The van der Waals surface area contributed by atoms with Crippen LogP contribution in [0.3, 0.4) is 0 Å². The monoisotopic (exact) mass is 298 g/mol. The fourth-order valence-electron chi connectivity index (χ4n) is 1.95. The molecule has 3 aromatic rings. The van der Waals surface area contributed by atoms with E-state index in [4.69, 9.17) is 10.5 Å². The Hall–Kier alpha value is -2.02. The summed E-state index contributed by atoms with van der Waals surface area (Å²) in [6.45, 7) is -1.36. The first kappa shape index (κ1) is 13.0. The first-order valence-corrected chi connectivity index (χ1v) is 6.58. The molecule has 0 aliphatic rings. The molecule has 0 unspecified atom stereocenters. The summed E-state index contributed by atoms with van der Waals surface area (Å²) in [7, 11) is 0. The molecule has 3 rings (SSSR count). The first-order chi connectivity index (χ1) is 9.44. The minimum absolute atomic E-state index is 0.0170. The maximum absolute atomic E-state index is 12.3. The smallest absolute Gasteiger partial charge is 0.422 e. The molecule has 0 fully saturated rings. The van der Waals surface area contributed by atoms with Crippen LogP contribution in [0.15, 0.2) is 29.6 Å². The van der Waals surface area contributed by atoms with E-state index in [0.29, 0.717) is 16.6 Å². The summed E-state index contributed by atoms with van der Waals surface area (Å²) in [5.74, 6) is -0.0170. The number of alkyl halides is 3. The number of thiophene rings is 1. The predicted octanol–water partition coefficient (Wildman–Crippen LogP) is 3.97. The number of nitrogen functional groups attached to an aromatic ring is 1. The molecule has 0 aliphatic carbocycles. The molecular weight excluding hydrogens is 289 g/mol. The highest BCUT2D eigenvalue weighted by Gasteiger charge is 2.29. The molecule has 2 aromatic heterocycles. The Balaban J connectivity index is 2.16. The summed E-state index contributed by atoms with van der Waals surface area (Å²) < 4.78 is 42.5. The molecule has 0 saturated carbocycles. The molecule has 0 radical (unpaired) electrons. The van der Waals surface area contributed by atoms with Crippen molar-refractivity contribution in [2.45, 2.75) is 6.18 Å². The third kappa shape index (κ3) is 2.36. The number of fused-ring (bicyclic) bond motifs is 3. The van der Waals surface area contributed by atoms with E-state index in [1.54, 1.807) is 23.6 Å². The highest BCUT2D eigenvalue weighted by molar-refractivity contribution is 7.18. The number of nitrogens with two attached hydrogens (primary N) is 1. The topological polar surface area (TPSA) is 48.1 Å². The van der Waals surface area contributed by atoms with Gasteiger partial charge in [-0.1, -0.05) is 0 Å². The second-order valence-corrected chi connectivity index (χ2v) is 5.18. The Bertz CT molecular complexity index is 782. The SMILES string of the molecule is Nc1ccc2c(c1)nc(OCC(F)(F)F)c1ccsc12. The lowest BCUT2D eigenvalue weighted by Crippen LogP contribution is -2.19. The van der Waals surface area contributed by atoms with Crippen LogP contribution in [0.2, 0.25) is 0 Å². The largest absolute Gasteiger partial charge is 0.468 e. The molecule has 0 aliphatic heterocycles. The minimum atomic E-state index is -4.39. The fourth-order valence-corrected chi connectivity index (χ4v) is 2.87. The van der Waals surface area contributed by atoms with Crippen LogP contribution in [0.1, 0.15) is 0 Å². The highest BCUT2D eigenvalue weighted by atomic mass is 32.1. The number of pyridine rings is 1. The maximum Gasteiger partial charge on any atom is 0.422 e. The maximum atomic E-state index is 12.3. The van der Waals surface area contributed by atoms with Gasteiger partial charge in [0, 0.05) is 15.8 Å². The second kappa shape index (κ2) is 4.52. The van der Waals surface area contributed by atoms with Crippen molar-refractivity contribution in [1.82, 2.24) is 4.98 Å².